The lowest BCUT2D eigenvalue weighted by atomic mass is 9.56. The Morgan fingerprint density at radius 2 is 1.67 bits per heavy atom. The van der Waals surface area contributed by atoms with Gasteiger partial charge < -0.3 is 14.6 Å². The van der Waals surface area contributed by atoms with Crippen molar-refractivity contribution in [3.63, 3.8) is 0 Å². The lowest BCUT2D eigenvalue weighted by Crippen LogP contribution is -2.60. The van der Waals surface area contributed by atoms with E-state index < -0.39 is 45.2 Å². The monoisotopic (exact) mass is 600 g/mol. The number of phenolic OH excluding ortho intramolecular Hbond substituents is 1. The molecule has 1 aromatic carbocycles. The molecule has 2 saturated heterocycles. The van der Waals surface area contributed by atoms with E-state index in [4.69, 9.17) is 32.7 Å². The lowest BCUT2D eigenvalue weighted by molar-refractivity contribution is -0.140. The van der Waals surface area contributed by atoms with Crippen LogP contribution in [0.3, 0.4) is 0 Å². The van der Waals surface area contributed by atoms with Crippen molar-refractivity contribution < 1.29 is 33.8 Å². The van der Waals surface area contributed by atoms with Gasteiger partial charge in [-0.25, -0.2) is 0 Å². The Bertz CT molecular complexity index is 1230. The van der Waals surface area contributed by atoms with Crippen LogP contribution in [0.1, 0.15) is 24.3 Å². The Hall–Kier alpha value is -2.30. The zero-order valence-electron chi connectivity index (χ0n) is 19.6. The molecule has 6 atom stereocenters. The third-order valence-electron chi connectivity index (χ3n) is 8.05. The molecule has 1 saturated carbocycles. The molecule has 36 heavy (non-hydrogen) atoms. The number of hydrogen-bond donors (Lipinski definition) is 1. The van der Waals surface area contributed by atoms with Gasteiger partial charge in [-0.05, 0) is 18.8 Å². The van der Waals surface area contributed by atoms with E-state index in [1.165, 1.54) is 33.4 Å². The van der Waals surface area contributed by atoms with E-state index in [2.05, 4.69) is 15.9 Å². The third kappa shape index (κ3) is 2.95. The molecular weight excluding hydrogens is 579 g/mol. The van der Waals surface area contributed by atoms with Crippen LogP contribution in [-0.2, 0) is 19.2 Å². The van der Waals surface area contributed by atoms with Crippen molar-refractivity contribution in [2.24, 2.45) is 17.8 Å². The highest BCUT2D eigenvalue weighted by Gasteiger charge is 2.76. The van der Waals surface area contributed by atoms with Gasteiger partial charge in [-0.1, -0.05) is 27.6 Å². The number of halogens is 3. The van der Waals surface area contributed by atoms with Gasteiger partial charge >= 0.3 is 0 Å². The van der Waals surface area contributed by atoms with Crippen LogP contribution in [0.15, 0.2) is 23.8 Å². The van der Waals surface area contributed by atoms with Crippen molar-refractivity contribution in [1.29, 1.82) is 0 Å². The Balaban J connectivity index is 1.83. The Morgan fingerprint density at radius 3 is 2.22 bits per heavy atom. The SMILES string of the molecule is COc1cc(O)cc(OC)c1C1C2=CCC3C(=O)N(C)C(=O)C3C2CC2(Cl)C(=O)N(CBr)C(=O)C12Cl. The molecule has 2 aliphatic heterocycles. The molecule has 3 fully saturated rings. The van der Waals surface area contributed by atoms with Gasteiger partial charge in [-0.15, -0.1) is 23.2 Å². The van der Waals surface area contributed by atoms with E-state index >= 15 is 0 Å². The van der Waals surface area contributed by atoms with E-state index in [1.54, 1.807) is 0 Å². The second-order valence-corrected chi connectivity index (χ2v) is 11.2. The van der Waals surface area contributed by atoms with E-state index in [0.29, 0.717) is 11.1 Å². The molecule has 0 bridgehead atoms. The van der Waals surface area contributed by atoms with Crippen molar-refractivity contribution in [2.45, 2.75) is 28.5 Å². The average Bonchev–Trinajstić information content (AvgIpc) is 3.16. The summed E-state index contributed by atoms with van der Waals surface area (Å²) in [7, 11) is 4.21. The molecule has 4 aliphatic rings. The molecule has 5 rings (SSSR count). The molecule has 6 unspecified atom stereocenters. The molecule has 2 aliphatic carbocycles. The molecule has 1 N–H and O–H groups in total. The number of carbonyl (C=O) groups excluding carboxylic acids is 4. The van der Waals surface area contributed by atoms with Crippen LogP contribution in [0.4, 0.5) is 0 Å². The van der Waals surface area contributed by atoms with Gasteiger partial charge in [-0.2, -0.15) is 0 Å². The lowest BCUT2D eigenvalue weighted by Gasteiger charge is -2.51. The Kier molecular flexibility index (Phi) is 5.89. The van der Waals surface area contributed by atoms with Gasteiger partial charge in [0.25, 0.3) is 11.8 Å². The summed E-state index contributed by atoms with van der Waals surface area (Å²) >= 11 is 17.5. The number of methoxy groups -OCH3 is 2. The molecule has 4 amide bonds. The molecular formula is C24H23BrCl2N2O7. The Labute approximate surface area is 225 Å². The van der Waals surface area contributed by atoms with E-state index in [-0.39, 0.29) is 47.4 Å². The summed E-state index contributed by atoms with van der Waals surface area (Å²) in [5.41, 5.74) is 0.800. The minimum Gasteiger partial charge on any atom is -0.508 e. The van der Waals surface area contributed by atoms with E-state index in [0.717, 1.165) is 9.80 Å². The van der Waals surface area contributed by atoms with Crippen LogP contribution in [0.5, 0.6) is 17.2 Å². The van der Waals surface area contributed by atoms with Crippen molar-refractivity contribution in [3.05, 3.63) is 29.3 Å². The molecule has 1 aromatic rings. The molecule has 2 heterocycles. The first-order chi connectivity index (χ1) is 17.0. The van der Waals surface area contributed by atoms with Crippen LogP contribution in [0.25, 0.3) is 0 Å². The second kappa shape index (κ2) is 8.36. The average molecular weight is 602 g/mol. The zero-order chi connectivity index (χ0) is 26.3. The fraction of sp³-hybridized carbons (Fsp3) is 0.500. The van der Waals surface area contributed by atoms with E-state index in [9.17, 15) is 24.3 Å². The largest absolute Gasteiger partial charge is 0.508 e. The third-order valence-corrected chi connectivity index (χ3v) is 9.97. The summed E-state index contributed by atoms with van der Waals surface area (Å²) in [5, 5.41) is 10.2. The molecule has 0 radical (unpaired) electrons. The minimum absolute atomic E-state index is 0.106. The number of aromatic hydroxyl groups is 1. The van der Waals surface area contributed by atoms with Crippen molar-refractivity contribution in [3.8, 4) is 17.2 Å². The fourth-order valence-corrected chi connectivity index (χ4v) is 7.85. The number of rotatable bonds is 4. The van der Waals surface area contributed by atoms with Crippen molar-refractivity contribution >= 4 is 62.8 Å². The number of fused-ring (bicyclic) bond motifs is 4. The van der Waals surface area contributed by atoms with Gasteiger partial charge in [0.05, 0.1) is 31.5 Å². The first-order valence-electron chi connectivity index (χ1n) is 11.2. The summed E-state index contributed by atoms with van der Waals surface area (Å²) in [5.74, 6) is -4.90. The molecule has 192 valence electrons. The predicted octanol–water partition coefficient (Wildman–Crippen LogP) is 2.75. The molecule has 12 heteroatoms. The minimum atomic E-state index is -2.00. The number of nitrogens with zero attached hydrogens (tertiary/aromatic N) is 2. The molecule has 0 aromatic heterocycles. The smallest absolute Gasteiger partial charge is 0.254 e. The van der Waals surface area contributed by atoms with Crippen LogP contribution in [0.2, 0.25) is 0 Å². The maximum atomic E-state index is 13.8. The number of benzene rings is 1. The summed E-state index contributed by atoms with van der Waals surface area (Å²) in [6, 6.07) is 2.71. The number of alkyl halides is 3. The number of likely N-dealkylation sites (tertiary alicyclic amines) is 2. The number of phenols is 1. The van der Waals surface area contributed by atoms with Gasteiger partial charge in [0.1, 0.15) is 17.2 Å². The van der Waals surface area contributed by atoms with Crippen LogP contribution >= 0.6 is 39.1 Å². The highest BCUT2D eigenvalue weighted by Crippen LogP contribution is 2.67. The summed E-state index contributed by atoms with van der Waals surface area (Å²) in [6.45, 7) is 0. The van der Waals surface area contributed by atoms with Crippen molar-refractivity contribution in [1.82, 2.24) is 9.80 Å². The van der Waals surface area contributed by atoms with Crippen molar-refractivity contribution in [2.75, 3.05) is 26.7 Å². The van der Waals surface area contributed by atoms with E-state index in [1.807, 2.05) is 6.08 Å². The number of amides is 4. The number of hydrogen-bond acceptors (Lipinski definition) is 7. The Morgan fingerprint density at radius 1 is 1.06 bits per heavy atom. The van der Waals surface area contributed by atoms with Crippen LogP contribution in [0, 0.1) is 17.8 Å². The first kappa shape index (κ1) is 25.4. The number of carbonyl (C=O) groups is 4. The van der Waals surface area contributed by atoms with Crippen LogP contribution < -0.4 is 9.47 Å². The number of ether oxygens (including phenoxy) is 2. The highest BCUT2D eigenvalue weighted by atomic mass is 79.9. The highest BCUT2D eigenvalue weighted by molar-refractivity contribution is 9.09. The summed E-state index contributed by atoms with van der Waals surface area (Å²) in [6.07, 6.45) is 1.98. The zero-order valence-corrected chi connectivity index (χ0v) is 22.7. The van der Waals surface area contributed by atoms with Gasteiger partial charge in [0.15, 0.2) is 9.75 Å². The number of imide groups is 2. The predicted molar refractivity (Wildman–Crippen MR) is 132 cm³/mol. The first-order valence-corrected chi connectivity index (χ1v) is 13.1. The van der Waals surface area contributed by atoms with Gasteiger partial charge in [0.2, 0.25) is 11.8 Å². The fourth-order valence-electron chi connectivity index (χ4n) is 6.44. The second-order valence-electron chi connectivity index (χ2n) is 9.49. The number of allylic oxidation sites excluding steroid dienone is 2. The quantitative estimate of drug-likeness (QED) is 0.244. The maximum absolute atomic E-state index is 13.8. The topological polar surface area (TPSA) is 113 Å². The summed E-state index contributed by atoms with van der Waals surface area (Å²) in [4.78, 5) is 51.6. The normalized spacial score (nSPS) is 35.4. The molecule has 9 nitrogen and oxygen atoms in total. The van der Waals surface area contributed by atoms with Crippen LogP contribution in [-0.4, -0.2) is 75.0 Å². The van der Waals surface area contributed by atoms with Gasteiger partial charge in [0, 0.05) is 30.7 Å². The molecule has 0 spiro atoms. The summed E-state index contributed by atoms with van der Waals surface area (Å²) < 4.78 is 11.1. The standard InChI is InChI=1S/C24H23BrCl2N2O7/c1-28-19(31)12-5-4-11-13(16(12)20(28)32)8-23(26)21(33)29(9-25)22(34)24(23,27)18(11)17-14(35-2)6-10(30)7-15(17)36-3/h4,6-7,12-13,16,18,30H,5,8-9H2,1-3H3. The maximum Gasteiger partial charge on any atom is 0.254 e. The van der Waals surface area contributed by atoms with Gasteiger partial charge in [-0.3, -0.25) is 29.0 Å².